The Morgan fingerprint density at radius 1 is 1.21 bits per heavy atom. The highest BCUT2D eigenvalue weighted by atomic mass is 16.6. The summed E-state index contributed by atoms with van der Waals surface area (Å²) in [6, 6.07) is 1.80. The Hall–Kier alpha value is -3.70. The first kappa shape index (κ1) is 22.5. The standard InChI is InChI=1S/C20H24N6O4.CH2O2/c27-17(16-11-25-7-1-6-21-19(25)23-16)22-14-4-2-13(3-5-14)18(28)24-8-9-26-15(10-24)12-30-20(26)29;2-1-3/h1,6-7,11,13-15H,2-5,8-10,12H2,(H,22,27);1H,(H,2,3). The van der Waals surface area contributed by atoms with E-state index in [4.69, 9.17) is 14.6 Å². The van der Waals surface area contributed by atoms with Crippen molar-refractivity contribution in [2.24, 2.45) is 5.92 Å². The zero-order valence-electron chi connectivity index (χ0n) is 18.0. The average molecular weight is 458 g/mol. The van der Waals surface area contributed by atoms with Gasteiger partial charge in [-0.15, -0.1) is 0 Å². The third-order valence-electron chi connectivity index (χ3n) is 6.31. The van der Waals surface area contributed by atoms with Crippen LogP contribution in [0.2, 0.25) is 0 Å². The van der Waals surface area contributed by atoms with Crippen molar-refractivity contribution >= 4 is 30.2 Å². The van der Waals surface area contributed by atoms with Crippen molar-refractivity contribution in [2.45, 2.75) is 37.8 Å². The molecule has 3 aliphatic rings. The van der Waals surface area contributed by atoms with Gasteiger partial charge in [-0.3, -0.25) is 23.7 Å². The van der Waals surface area contributed by atoms with Crippen molar-refractivity contribution in [1.82, 2.24) is 29.5 Å². The third kappa shape index (κ3) is 4.89. The van der Waals surface area contributed by atoms with Crippen LogP contribution in [0, 0.1) is 5.92 Å². The van der Waals surface area contributed by atoms with Crippen LogP contribution in [0.15, 0.2) is 24.7 Å². The number of carbonyl (C=O) groups excluding carboxylic acids is 3. The van der Waals surface area contributed by atoms with Gasteiger partial charge in [-0.25, -0.2) is 14.8 Å². The number of amides is 3. The Bertz CT molecular complexity index is 1000. The smallest absolute Gasteiger partial charge is 0.410 e. The number of imidazole rings is 1. The molecule has 176 valence electrons. The number of hydrogen-bond donors (Lipinski definition) is 2. The lowest BCUT2D eigenvalue weighted by Gasteiger charge is -2.38. The average Bonchev–Trinajstić information content (AvgIpc) is 3.43. The molecule has 2 aromatic heterocycles. The fourth-order valence-electron chi connectivity index (χ4n) is 4.63. The minimum Gasteiger partial charge on any atom is -0.483 e. The summed E-state index contributed by atoms with van der Waals surface area (Å²) in [5, 5.41) is 9.93. The van der Waals surface area contributed by atoms with E-state index in [2.05, 4.69) is 15.3 Å². The van der Waals surface area contributed by atoms with Gasteiger partial charge < -0.3 is 20.1 Å². The second-order valence-electron chi connectivity index (χ2n) is 8.29. The van der Waals surface area contributed by atoms with Crippen molar-refractivity contribution in [3.63, 3.8) is 0 Å². The summed E-state index contributed by atoms with van der Waals surface area (Å²) >= 11 is 0. The SMILES string of the molecule is O=C(NC1CCC(C(=O)N2CCN3C(=O)OCC3C2)CC1)c1cn2cccnc2n1.O=CO. The molecule has 1 saturated carbocycles. The molecule has 2 saturated heterocycles. The van der Waals surface area contributed by atoms with Crippen LogP contribution in [-0.2, 0) is 14.3 Å². The fourth-order valence-corrected chi connectivity index (χ4v) is 4.63. The van der Waals surface area contributed by atoms with E-state index >= 15 is 0 Å². The summed E-state index contributed by atoms with van der Waals surface area (Å²) in [5.74, 6) is 0.413. The highest BCUT2D eigenvalue weighted by Gasteiger charge is 2.40. The largest absolute Gasteiger partial charge is 0.483 e. The molecule has 5 rings (SSSR count). The second-order valence-corrected chi connectivity index (χ2v) is 8.29. The molecule has 2 aromatic rings. The number of carboxylic acid groups (broad SMARTS) is 1. The highest BCUT2D eigenvalue weighted by molar-refractivity contribution is 5.93. The number of hydrogen-bond acceptors (Lipinski definition) is 7. The van der Waals surface area contributed by atoms with Crippen LogP contribution in [0.25, 0.3) is 5.78 Å². The minimum absolute atomic E-state index is 0.0225. The Morgan fingerprint density at radius 2 is 1.97 bits per heavy atom. The topological polar surface area (TPSA) is 146 Å². The molecule has 0 spiro atoms. The summed E-state index contributed by atoms with van der Waals surface area (Å²) in [6.45, 7) is 1.75. The van der Waals surface area contributed by atoms with E-state index in [1.807, 2.05) is 4.90 Å². The van der Waals surface area contributed by atoms with E-state index in [1.165, 1.54) is 0 Å². The van der Waals surface area contributed by atoms with E-state index in [-0.39, 0.29) is 42.4 Å². The molecule has 1 unspecified atom stereocenters. The van der Waals surface area contributed by atoms with E-state index in [1.54, 1.807) is 34.0 Å². The number of nitrogens with zero attached hydrogens (tertiary/aromatic N) is 5. The van der Waals surface area contributed by atoms with Gasteiger partial charge in [-0.1, -0.05) is 0 Å². The summed E-state index contributed by atoms with van der Waals surface area (Å²) in [4.78, 5) is 57.4. The number of cyclic esters (lactones) is 1. The van der Waals surface area contributed by atoms with E-state index in [0.717, 1.165) is 25.7 Å². The maximum absolute atomic E-state index is 12.9. The predicted octanol–water partition coefficient (Wildman–Crippen LogP) is 0.382. The molecule has 2 N–H and O–H groups in total. The lowest BCUT2D eigenvalue weighted by Crippen LogP contribution is -2.55. The molecule has 0 aromatic carbocycles. The number of ether oxygens (including phenoxy) is 1. The molecule has 12 nitrogen and oxygen atoms in total. The summed E-state index contributed by atoms with van der Waals surface area (Å²) in [6.07, 6.45) is 7.86. The van der Waals surface area contributed by atoms with Gasteiger partial charge in [0.2, 0.25) is 11.7 Å². The lowest BCUT2D eigenvalue weighted by atomic mass is 9.85. The van der Waals surface area contributed by atoms with Crippen molar-refractivity contribution in [1.29, 1.82) is 0 Å². The highest BCUT2D eigenvalue weighted by Crippen LogP contribution is 2.28. The van der Waals surface area contributed by atoms with Crippen LogP contribution >= 0.6 is 0 Å². The van der Waals surface area contributed by atoms with Gasteiger partial charge in [0.15, 0.2) is 0 Å². The number of piperazine rings is 1. The monoisotopic (exact) mass is 458 g/mol. The van der Waals surface area contributed by atoms with Gasteiger partial charge in [-0.2, -0.15) is 0 Å². The Balaban J connectivity index is 0.000000821. The molecule has 1 atom stereocenters. The number of fused-ring (bicyclic) bond motifs is 2. The van der Waals surface area contributed by atoms with Gasteiger partial charge in [-0.05, 0) is 31.7 Å². The van der Waals surface area contributed by atoms with Crippen LogP contribution in [-0.4, -0.2) is 92.0 Å². The first-order chi connectivity index (χ1) is 16.0. The Kier molecular flexibility index (Phi) is 6.71. The molecule has 3 fully saturated rings. The number of aromatic nitrogens is 3. The van der Waals surface area contributed by atoms with Crippen LogP contribution in [0.5, 0.6) is 0 Å². The molecule has 0 radical (unpaired) electrons. The first-order valence-electron chi connectivity index (χ1n) is 10.9. The van der Waals surface area contributed by atoms with Crippen LogP contribution < -0.4 is 5.32 Å². The Morgan fingerprint density at radius 3 is 2.70 bits per heavy atom. The summed E-state index contributed by atoms with van der Waals surface area (Å²) in [7, 11) is 0. The maximum Gasteiger partial charge on any atom is 0.410 e. The third-order valence-corrected chi connectivity index (χ3v) is 6.31. The van der Waals surface area contributed by atoms with Gasteiger partial charge in [0.1, 0.15) is 12.3 Å². The molecular weight excluding hydrogens is 432 g/mol. The first-order valence-corrected chi connectivity index (χ1v) is 10.9. The van der Waals surface area contributed by atoms with Crippen molar-refractivity contribution in [3.05, 3.63) is 30.4 Å². The zero-order valence-corrected chi connectivity index (χ0v) is 18.0. The van der Waals surface area contributed by atoms with E-state index < -0.39 is 0 Å². The predicted molar refractivity (Wildman–Crippen MR) is 113 cm³/mol. The van der Waals surface area contributed by atoms with Crippen molar-refractivity contribution in [2.75, 3.05) is 26.2 Å². The summed E-state index contributed by atoms with van der Waals surface area (Å²) < 4.78 is 6.79. The van der Waals surface area contributed by atoms with Gasteiger partial charge >= 0.3 is 6.09 Å². The molecule has 0 bridgehead atoms. The minimum atomic E-state index is -0.273. The normalized spacial score (nSPS) is 24.4. The van der Waals surface area contributed by atoms with E-state index in [0.29, 0.717) is 37.7 Å². The van der Waals surface area contributed by atoms with Crippen molar-refractivity contribution < 1.29 is 29.0 Å². The number of rotatable bonds is 3. The zero-order chi connectivity index (χ0) is 23.4. The fraction of sp³-hybridized carbons (Fsp3) is 0.524. The van der Waals surface area contributed by atoms with Gasteiger partial charge in [0, 0.05) is 50.2 Å². The maximum atomic E-state index is 12.9. The number of nitrogens with one attached hydrogen (secondary N) is 1. The van der Waals surface area contributed by atoms with Crippen molar-refractivity contribution in [3.8, 4) is 0 Å². The van der Waals surface area contributed by atoms with Crippen LogP contribution in [0.1, 0.15) is 36.2 Å². The number of carbonyl (C=O) groups is 4. The molecule has 12 heteroatoms. The molecule has 2 aliphatic heterocycles. The summed E-state index contributed by atoms with van der Waals surface area (Å²) in [5.41, 5.74) is 0.345. The lowest BCUT2D eigenvalue weighted by molar-refractivity contribution is -0.138. The van der Waals surface area contributed by atoms with E-state index in [9.17, 15) is 14.4 Å². The van der Waals surface area contributed by atoms with Crippen LogP contribution in [0.3, 0.4) is 0 Å². The molecule has 4 heterocycles. The van der Waals surface area contributed by atoms with Gasteiger partial charge in [0.25, 0.3) is 12.4 Å². The van der Waals surface area contributed by atoms with Crippen LogP contribution in [0.4, 0.5) is 4.79 Å². The quantitative estimate of drug-likeness (QED) is 0.628. The second kappa shape index (κ2) is 9.84. The van der Waals surface area contributed by atoms with Gasteiger partial charge in [0.05, 0.1) is 6.04 Å². The Labute approximate surface area is 189 Å². The molecule has 33 heavy (non-hydrogen) atoms. The molecule has 1 aliphatic carbocycles. The molecular formula is C21H26N6O6. The molecule has 3 amide bonds.